The van der Waals surface area contributed by atoms with Gasteiger partial charge in [-0.2, -0.15) is 0 Å². The Morgan fingerprint density at radius 2 is 2.26 bits per heavy atom. The van der Waals surface area contributed by atoms with Gasteiger partial charge >= 0.3 is 0 Å². The van der Waals surface area contributed by atoms with E-state index in [4.69, 9.17) is 17.3 Å². The number of nitrogens with zero attached hydrogens (tertiary/aromatic N) is 3. The molecule has 19 heavy (non-hydrogen) atoms. The second kappa shape index (κ2) is 5.27. The second-order valence-electron chi connectivity index (χ2n) is 4.23. The van der Waals surface area contributed by atoms with E-state index in [-0.39, 0.29) is 11.9 Å². The van der Waals surface area contributed by atoms with Gasteiger partial charge in [0.25, 0.3) is 5.91 Å². The molecule has 6 nitrogen and oxygen atoms in total. The molecule has 0 spiro atoms. The van der Waals surface area contributed by atoms with Gasteiger partial charge in [-0.3, -0.25) is 4.79 Å². The first-order valence-electron chi connectivity index (χ1n) is 5.69. The van der Waals surface area contributed by atoms with Gasteiger partial charge < -0.3 is 15.6 Å². The van der Waals surface area contributed by atoms with Crippen molar-refractivity contribution in [3.63, 3.8) is 0 Å². The van der Waals surface area contributed by atoms with E-state index in [9.17, 15) is 4.79 Å². The summed E-state index contributed by atoms with van der Waals surface area (Å²) < 4.78 is 1.75. The lowest BCUT2D eigenvalue weighted by Crippen LogP contribution is -2.28. The molecule has 1 heterocycles. The number of rotatable bonds is 3. The Labute approximate surface area is 115 Å². The largest absolute Gasteiger partial charge is 0.398 e. The zero-order valence-electron chi connectivity index (χ0n) is 10.6. The van der Waals surface area contributed by atoms with E-state index in [2.05, 4.69) is 15.5 Å². The highest BCUT2D eigenvalue weighted by atomic mass is 35.5. The number of aromatic nitrogens is 3. The van der Waals surface area contributed by atoms with Gasteiger partial charge in [-0.1, -0.05) is 11.6 Å². The Bertz CT molecular complexity index is 610. The molecule has 2 aromatic rings. The molecule has 1 unspecified atom stereocenters. The predicted octanol–water partition coefficient (Wildman–Crippen LogP) is 1.54. The minimum atomic E-state index is -0.253. The first-order valence-corrected chi connectivity index (χ1v) is 6.06. The van der Waals surface area contributed by atoms with Crippen LogP contribution in [0.1, 0.15) is 29.1 Å². The van der Waals surface area contributed by atoms with Gasteiger partial charge in [0, 0.05) is 12.6 Å². The van der Waals surface area contributed by atoms with Crippen LogP contribution in [0.4, 0.5) is 5.69 Å². The van der Waals surface area contributed by atoms with Crippen LogP contribution in [0.3, 0.4) is 0 Å². The van der Waals surface area contributed by atoms with Crippen LogP contribution in [-0.2, 0) is 7.05 Å². The third-order valence-electron chi connectivity index (χ3n) is 2.74. The van der Waals surface area contributed by atoms with Crippen molar-refractivity contribution >= 4 is 23.2 Å². The van der Waals surface area contributed by atoms with Crippen molar-refractivity contribution in [3.8, 4) is 0 Å². The van der Waals surface area contributed by atoms with Gasteiger partial charge in [-0.05, 0) is 25.1 Å². The SMILES string of the molecule is CC(NC(=O)c1ccc(N)c(Cl)c1)c1nncn1C. The number of nitrogens with two attached hydrogens (primary N) is 1. The molecule has 0 saturated heterocycles. The maximum atomic E-state index is 12.1. The summed E-state index contributed by atoms with van der Waals surface area (Å²) in [6.45, 7) is 1.83. The van der Waals surface area contributed by atoms with E-state index < -0.39 is 0 Å². The van der Waals surface area contributed by atoms with Crippen LogP contribution in [0.5, 0.6) is 0 Å². The molecule has 1 aromatic carbocycles. The van der Waals surface area contributed by atoms with Crippen LogP contribution >= 0.6 is 11.6 Å². The van der Waals surface area contributed by atoms with Crippen LogP contribution in [0, 0.1) is 0 Å². The van der Waals surface area contributed by atoms with Crippen molar-refractivity contribution in [2.24, 2.45) is 7.05 Å². The molecule has 0 saturated carbocycles. The van der Waals surface area contributed by atoms with E-state index in [1.165, 1.54) is 6.07 Å². The number of amides is 1. The molecule has 1 amide bonds. The van der Waals surface area contributed by atoms with E-state index >= 15 is 0 Å². The highest BCUT2D eigenvalue weighted by Gasteiger charge is 2.15. The molecule has 3 N–H and O–H groups in total. The number of carbonyl (C=O) groups excluding carboxylic acids is 1. The number of aryl methyl sites for hydroxylation is 1. The zero-order chi connectivity index (χ0) is 14.0. The summed E-state index contributed by atoms with van der Waals surface area (Å²) >= 11 is 5.89. The molecule has 0 aliphatic rings. The van der Waals surface area contributed by atoms with Crippen LogP contribution in [0.15, 0.2) is 24.5 Å². The fourth-order valence-electron chi connectivity index (χ4n) is 1.70. The summed E-state index contributed by atoms with van der Waals surface area (Å²) in [5.41, 5.74) is 6.50. The highest BCUT2D eigenvalue weighted by Crippen LogP contribution is 2.20. The van der Waals surface area contributed by atoms with Gasteiger partial charge in [-0.25, -0.2) is 0 Å². The molecular weight excluding hydrogens is 266 g/mol. The summed E-state index contributed by atoms with van der Waals surface area (Å²) in [6.07, 6.45) is 1.58. The third-order valence-corrected chi connectivity index (χ3v) is 3.07. The number of halogens is 1. The van der Waals surface area contributed by atoms with E-state index in [0.717, 1.165) is 0 Å². The number of hydrogen-bond donors (Lipinski definition) is 2. The van der Waals surface area contributed by atoms with E-state index in [0.29, 0.717) is 22.1 Å². The smallest absolute Gasteiger partial charge is 0.251 e. The molecule has 7 heteroatoms. The number of nitrogens with one attached hydrogen (secondary N) is 1. The average molecular weight is 280 g/mol. The van der Waals surface area contributed by atoms with Crippen molar-refractivity contribution in [2.75, 3.05) is 5.73 Å². The monoisotopic (exact) mass is 279 g/mol. The molecule has 0 bridgehead atoms. The second-order valence-corrected chi connectivity index (χ2v) is 4.64. The predicted molar refractivity (Wildman–Crippen MR) is 72.7 cm³/mol. The maximum absolute atomic E-state index is 12.1. The van der Waals surface area contributed by atoms with Crippen molar-refractivity contribution in [3.05, 3.63) is 40.9 Å². The maximum Gasteiger partial charge on any atom is 0.251 e. The van der Waals surface area contributed by atoms with E-state index in [1.807, 2.05) is 14.0 Å². The number of benzene rings is 1. The molecule has 0 aliphatic carbocycles. The van der Waals surface area contributed by atoms with Crippen molar-refractivity contribution in [2.45, 2.75) is 13.0 Å². The minimum absolute atomic E-state index is 0.239. The quantitative estimate of drug-likeness (QED) is 0.835. The Morgan fingerprint density at radius 3 is 2.84 bits per heavy atom. The number of anilines is 1. The molecule has 100 valence electrons. The summed E-state index contributed by atoms with van der Waals surface area (Å²) in [5.74, 6) is 0.437. The fourth-order valence-corrected chi connectivity index (χ4v) is 1.88. The Balaban J connectivity index is 2.13. The fraction of sp³-hybridized carbons (Fsp3) is 0.250. The van der Waals surface area contributed by atoms with Gasteiger partial charge in [0.05, 0.1) is 16.8 Å². The van der Waals surface area contributed by atoms with E-state index in [1.54, 1.807) is 23.0 Å². The van der Waals surface area contributed by atoms with Crippen molar-refractivity contribution in [1.29, 1.82) is 0 Å². The zero-order valence-corrected chi connectivity index (χ0v) is 11.3. The first kappa shape index (κ1) is 13.4. The first-order chi connectivity index (χ1) is 8.99. The van der Waals surface area contributed by atoms with Gasteiger partial charge in [0.2, 0.25) is 0 Å². The van der Waals surface area contributed by atoms with Gasteiger partial charge in [-0.15, -0.1) is 10.2 Å². The lowest BCUT2D eigenvalue weighted by atomic mass is 10.2. The average Bonchev–Trinajstić information content (AvgIpc) is 2.79. The standard InChI is InChI=1S/C12H14ClN5O/c1-7(11-17-15-6-18(11)2)16-12(19)8-3-4-10(14)9(13)5-8/h3-7H,14H2,1-2H3,(H,16,19). The van der Waals surface area contributed by atoms with Crippen LogP contribution in [-0.4, -0.2) is 20.7 Å². The lowest BCUT2D eigenvalue weighted by Gasteiger charge is -2.13. The van der Waals surface area contributed by atoms with Crippen molar-refractivity contribution in [1.82, 2.24) is 20.1 Å². The third kappa shape index (κ3) is 2.85. The van der Waals surface area contributed by atoms with Crippen LogP contribution < -0.4 is 11.1 Å². The summed E-state index contributed by atoms with van der Waals surface area (Å²) in [7, 11) is 1.82. The van der Waals surface area contributed by atoms with Gasteiger partial charge in [0.15, 0.2) is 5.82 Å². The molecular formula is C12H14ClN5O. The van der Waals surface area contributed by atoms with Gasteiger partial charge in [0.1, 0.15) is 6.33 Å². The normalized spacial score (nSPS) is 12.2. The van der Waals surface area contributed by atoms with Crippen molar-refractivity contribution < 1.29 is 4.79 Å². The Kier molecular flexibility index (Phi) is 3.71. The number of nitrogen functional groups attached to an aromatic ring is 1. The Hall–Kier alpha value is -2.08. The lowest BCUT2D eigenvalue weighted by molar-refractivity contribution is 0.0938. The minimum Gasteiger partial charge on any atom is -0.398 e. The number of hydrogen-bond acceptors (Lipinski definition) is 4. The van der Waals surface area contributed by atoms with Crippen LogP contribution in [0.2, 0.25) is 5.02 Å². The topological polar surface area (TPSA) is 85.8 Å². The molecule has 1 atom stereocenters. The molecule has 0 aliphatic heterocycles. The summed E-state index contributed by atoms with van der Waals surface area (Å²) in [4.78, 5) is 12.1. The summed E-state index contributed by atoms with van der Waals surface area (Å²) in [5, 5.41) is 10.9. The molecule has 0 radical (unpaired) electrons. The number of carbonyl (C=O) groups is 1. The van der Waals surface area contributed by atoms with Crippen LogP contribution in [0.25, 0.3) is 0 Å². The Morgan fingerprint density at radius 1 is 1.53 bits per heavy atom. The summed E-state index contributed by atoms with van der Waals surface area (Å²) in [6, 6.07) is 4.51. The molecule has 0 fully saturated rings. The highest BCUT2D eigenvalue weighted by molar-refractivity contribution is 6.33. The molecule has 2 rings (SSSR count). The molecule has 1 aromatic heterocycles.